The van der Waals surface area contributed by atoms with E-state index in [0.29, 0.717) is 5.41 Å². The van der Waals surface area contributed by atoms with Crippen LogP contribution in [0.3, 0.4) is 0 Å². The van der Waals surface area contributed by atoms with Gasteiger partial charge in [-0.3, -0.25) is 0 Å². The summed E-state index contributed by atoms with van der Waals surface area (Å²) in [5.41, 5.74) is 2.75. The average molecular weight is 280 g/mol. The number of benzene rings is 2. The summed E-state index contributed by atoms with van der Waals surface area (Å²) in [7, 11) is 1.67. The highest BCUT2D eigenvalue weighted by Gasteiger charge is 2.71. The molecule has 3 aliphatic carbocycles. The van der Waals surface area contributed by atoms with Gasteiger partial charge in [0.05, 0.1) is 13.2 Å². The molecule has 0 spiro atoms. The third kappa shape index (κ3) is 1.69. The maximum absolute atomic E-state index is 10.8. The molecule has 3 fully saturated rings. The predicted molar refractivity (Wildman–Crippen MR) is 82.4 cm³/mol. The van der Waals surface area contributed by atoms with E-state index >= 15 is 0 Å². The number of aliphatic hydroxyl groups excluding tert-OH is 1. The van der Waals surface area contributed by atoms with Crippen molar-refractivity contribution in [1.29, 1.82) is 0 Å². The number of para-hydroxylation sites is 1. The summed E-state index contributed by atoms with van der Waals surface area (Å²) in [5.74, 6) is 0.795. The highest BCUT2D eigenvalue weighted by Crippen LogP contribution is 2.77. The van der Waals surface area contributed by atoms with Crippen LogP contribution >= 0.6 is 0 Å². The van der Waals surface area contributed by atoms with Crippen molar-refractivity contribution in [3.8, 4) is 5.75 Å². The average Bonchev–Trinajstić information content (AvgIpc) is 2.45. The molecule has 3 aliphatic rings. The monoisotopic (exact) mass is 280 g/mol. The summed E-state index contributed by atoms with van der Waals surface area (Å²) in [5, 5.41) is 10.8. The molecule has 108 valence electrons. The molecular formula is C19H20O2. The van der Waals surface area contributed by atoms with Crippen LogP contribution in [0, 0.1) is 5.41 Å². The number of rotatable bonds is 4. The predicted octanol–water partition coefficient (Wildman–Crippen LogP) is 3.85. The minimum Gasteiger partial charge on any atom is -0.496 e. The SMILES string of the molecule is COc1ccccc1[C@H](O)C12CC(c3ccccc3)(C1)C2. The van der Waals surface area contributed by atoms with Crippen LogP contribution in [0.2, 0.25) is 0 Å². The van der Waals surface area contributed by atoms with E-state index in [4.69, 9.17) is 4.74 Å². The van der Waals surface area contributed by atoms with Crippen molar-refractivity contribution in [3.05, 3.63) is 65.7 Å². The van der Waals surface area contributed by atoms with Gasteiger partial charge in [0, 0.05) is 11.0 Å². The summed E-state index contributed by atoms with van der Waals surface area (Å²) in [4.78, 5) is 0. The molecule has 0 amide bonds. The molecule has 5 rings (SSSR count). The Kier molecular flexibility index (Phi) is 2.67. The molecule has 0 unspecified atom stereocenters. The molecule has 0 aliphatic heterocycles. The van der Waals surface area contributed by atoms with Crippen molar-refractivity contribution < 1.29 is 9.84 Å². The second-order valence-electron chi connectivity index (χ2n) is 6.68. The van der Waals surface area contributed by atoms with Crippen LogP contribution < -0.4 is 4.74 Å². The first-order chi connectivity index (χ1) is 10.2. The fourth-order valence-electron chi connectivity index (χ4n) is 4.48. The van der Waals surface area contributed by atoms with Gasteiger partial charge in [0.1, 0.15) is 5.75 Å². The van der Waals surface area contributed by atoms with Gasteiger partial charge < -0.3 is 9.84 Å². The van der Waals surface area contributed by atoms with Crippen molar-refractivity contribution in [2.24, 2.45) is 5.41 Å². The zero-order valence-electron chi connectivity index (χ0n) is 12.3. The smallest absolute Gasteiger partial charge is 0.124 e. The Balaban J connectivity index is 1.56. The molecule has 2 aromatic rings. The van der Waals surface area contributed by atoms with E-state index in [1.165, 1.54) is 5.56 Å². The summed E-state index contributed by atoms with van der Waals surface area (Å²) < 4.78 is 5.40. The number of ether oxygens (including phenoxy) is 1. The third-order valence-electron chi connectivity index (χ3n) is 5.47. The standard InChI is InChI=1S/C19H20O2/c1-21-16-10-6-5-9-15(16)17(20)19-11-18(12-19,13-19)14-7-3-2-4-8-14/h2-10,17,20H,11-13H2,1H3/t17-,18?,19?/m0/s1. The van der Waals surface area contributed by atoms with Crippen molar-refractivity contribution in [2.45, 2.75) is 30.8 Å². The second-order valence-corrected chi connectivity index (χ2v) is 6.68. The van der Waals surface area contributed by atoms with Gasteiger partial charge in [0.25, 0.3) is 0 Å². The molecule has 3 saturated carbocycles. The van der Waals surface area contributed by atoms with Crippen molar-refractivity contribution in [3.63, 3.8) is 0 Å². The summed E-state index contributed by atoms with van der Waals surface area (Å²) in [6.45, 7) is 0. The van der Waals surface area contributed by atoms with Crippen LogP contribution in [-0.2, 0) is 5.41 Å². The van der Waals surface area contributed by atoms with E-state index in [2.05, 4.69) is 30.3 Å². The lowest BCUT2D eigenvalue weighted by Gasteiger charge is -2.72. The maximum atomic E-state index is 10.8. The summed E-state index contributed by atoms with van der Waals surface area (Å²) in [6, 6.07) is 18.6. The van der Waals surface area contributed by atoms with Crippen LogP contribution in [0.15, 0.2) is 54.6 Å². The molecule has 0 heterocycles. The first kappa shape index (κ1) is 12.9. The normalized spacial score (nSPS) is 31.0. The minimum atomic E-state index is -0.417. The van der Waals surface area contributed by atoms with Gasteiger partial charge in [-0.25, -0.2) is 0 Å². The molecule has 2 nitrogen and oxygen atoms in total. The lowest BCUT2D eigenvalue weighted by molar-refractivity contribution is -0.210. The molecular weight excluding hydrogens is 260 g/mol. The molecule has 0 saturated heterocycles. The first-order valence-electron chi connectivity index (χ1n) is 7.56. The zero-order chi connectivity index (χ0) is 14.5. The molecule has 1 atom stereocenters. The van der Waals surface area contributed by atoms with E-state index in [9.17, 15) is 5.11 Å². The van der Waals surface area contributed by atoms with Crippen LogP contribution in [-0.4, -0.2) is 12.2 Å². The van der Waals surface area contributed by atoms with Gasteiger partial charge in [0.15, 0.2) is 0 Å². The van der Waals surface area contributed by atoms with Gasteiger partial charge in [0.2, 0.25) is 0 Å². The Morgan fingerprint density at radius 3 is 2.24 bits per heavy atom. The zero-order valence-corrected chi connectivity index (χ0v) is 12.3. The van der Waals surface area contributed by atoms with Gasteiger partial charge in [-0.05, 0) is 36.3 Å². The third-order valence-corrected chi connectivity index (χ3v) is 5.47. The molecule has 2 bridgehead atoms. The fourth-order valence-corrected chi connectivity index (χ4v) is 4.48. The molecule has 2 aromatic carbocycles. The van der Waals surface area contributed by atoms with Crippen molar-refractivity contribution in [2.75, 3.05) is 7.11 Å². The highest BCUT2D eigenvalue weighted by atomic mass is 16.5. The summed E-state index contributed by atoms with van der Waals surface area (Å²) >= 11 is 0. The van der Waals surface area contributed by atoms with Crippen LogP contribution in [0.25, 0.3) is 0 Å². The Bertz CT molecular complexity index is 643. The van der Waals surface area contributed by atoms with Gasteiger partial charge in [-0.2, -0.15) is 0 Å². The van der Waals surface area contributed by atoms with Gasteiger partial charge in [-0.15, -0.1) is 0 Å². The molecule has 0 aromatic heterocycles. The maximum Gasteiger partial charge on any atom is 0.124 e. The minimum absolute atomic E-state index is 0.0600. The number of methoxy groups -OCH3 is 1. The van der Waals surface area contributed by atoms with Crippen LogP contribution in [0.4, 0.5) is 0 Å². The Hall–Kier alpha value is -1.80. The lowest BCUT2D eigenvalue weighted by Crippen LogP contribution is -2.66. The molecule has 1 N–H and O–H groups in total. The van der Waals surface area contributed by atoms with Gasteiger partial charge in [-0.1, -0.05) is 48.5 Å². The Morgan fingerprint density at radius 2 is 1.57 bits per heavy atom. The van der Waals surface area contributed by atoms with Crippen molar-refractivity contribution in [1.82, 2.24) is 0 Å². The van der Waals surface area contributed by atoms with E-state index in [1.54, 1.807) is 7.11 Å². The topological polar surface area (TPSA) is 29.5 Å². The first-order valence-corrected chi connectivity index (χ1v) is 7.56. The number of hydrogen-bond donors (Lipinski definition) is 1. The van der Waals surface area contributed by atoms with E-state index < -0.39 is 6.10 Å². The second kappa shape index (κ2) is 4.35. The molecule has 21 heavy (non-hydrogen) atoms. The quantitative estimate of drug-likeness (QED) is 0.921. The Labute approximate surface area is 125 Å². The van der Waals surface area contributed by atoms with Crippen molar-refractivity contribution >= 4 is 0 Å². The molecule has 0 radical (unpaired) electrons. The highest BCUT2D eigenvalue weighted by molar-refractivity contribution is 5.44. The number of aliphatic hydroxyl groups is 1. The van der Waals surface area contributed by atoms with E-state index in [0.717, 1.165) is 30.6 Å². The summed E-state index contributed by atoms with van der Waals surface area (Å²) in [6.07, 6.45) is 2.84. The fraction of sp³-hybridized carbons (Fsp3) is 0.368. The van der Waals surface area contributed by atoms with Crippen LogP contribution in [0.5, 0.6) is 5.75 Å². The van der Waals surface area contributed by atoms with Crippen LogP contribution in [0.1, 0.15) is 36.5 Å². The Morgan fingerprint density at radius 1 is 0.952 bits per heavy atom. The molecule has 2 heteroatoms. The lowest BCUT2D eigenvalue weighted by atomic mass is 9.31. The van der Waals surface area contributed by atoms with Gasteiger partial charge >= 0.3 is 0 Å². The number of hydrogen-bond acceptors (Lipinski definition) is 2. The van der Waals surface area contributed by atoms with E-state index in [-0.39, 0.29) is 5.41 Å². The van der Waals surface area contributed by atoms with E-state index in [1.807, 2.05) is 24.3 Å². The largest absolute Gasteiger partial charge is 0.496 e.